The second kappa shape index (κ2) is 11.0. The van der Waals surface area contributed by atoms with Crippen LogP contribution in [0.5, 0.6) is 0 Å². The van der Waals surface area contributed by atoms with Gasteiger partial charge >= 0.3 is 5.97 Å². The van der Waals surface area contributed by atoms with Crippen molar-refractivity contribution in [2.45, 2.75) is 44.8 Å². The van der Waals surface area contributed by atoms with Gasteiger partial charge in [0, 0.05) is 24.9 Å². The number of carbonyl (C=O) groups excluding carboxylic acids is 1. The van der Waals surface area contributed by atoms with Gasteiger partial charge in [-0.25, -0.2) is 9.78 Å². The van der Waals surface area contributed by atoms with Gasteiger partial charge in [-0.15, -0.1) is 0 Å². The second-order valence-corrected chi connectivity index (χ2v) is 9.74. The fourth-order valence-corrected chi connectivity index (χ4v) is 4.92. The number of aliphatic hydroxyl groups excluding tert-OH is 1. The van der Waals surface area contributed by atoms with Crippen molar-refractivity contribution in [1.29, 1.82) is 0 Å². The Morgan fingerprint density at radius 1 is 1.13 bits per heavy atom. The van der Waals surface area contributed by atoms with E-state index in [0.717, 1.165) is 33.4 Å². The minimum Gasteiger partial charge on any atom is -0.478 e. The lowest BCUT2D eigenvalue weighted by Crippen LogP contribution is -2.33. The largest absolute Gasteiger partial charge is 0.478 e. The van der Waals surface area contributed by atoms with E-state index in [2.05, 4.69) is 4.98 Å². The van der Waals surface area contributed by atoms with Crippen molar-refractivity contribution in [1.82, 2.24) is 9.88 Å². The molecule has 38 heavy (non-hydrogen) atoms. The van der Waals surface area contributed by atoms with E-state index in [9.17, 15) is 14.7 Å². The smallest absolute Gasteiger partial charge is 0.335 e. The monoisotopic (exact) mass is 510 g/mol. The molecule has 0 aliphatic carbocycles. The number of aryl methyl sites for hydroxylation is 1. The van der Waals surface area contributed by atoms with Gasteiger partial charge in [0.25, 0.3) is 0 Å². The summed E-state index contributed by atoms with van der Waals surface area (Å²) in [5, 5.41) is 19.8. The number of carboxylic acids is 1. The molecule has 0 bridgehead atoms. The zero-order valence-corrected chi connectivity index (χ0v) is 21.2. The van der Waals surface area contributed by atoms with Crippen LogP contribution in [0.1, 0.15) is 39.9 Å². The molecule has 3 aromatic carbocycles. The number of oxazole rings is 1. The lowest BCUT2D eigenvalue weighted by Gasteiger charge is -2.23. The molecule has 4 aromatic rings. The second-order valence-electron chi connectivity index (χ2n) is 9.74. The lowest BCUT2D eigenvalue weighted by atomic mass is 10.0. The van der Waals surface area contributed by atoms with E-state index < -0.39 is 12.1 Å². The molecule has 194 valence electrons. The average Bonchev–Trinajstić information content (AvgIpc) is 3.51. The van der Waals surface area contributed by atoms with Crippen molar-refractivity contribution >= 4 is 23.0 Å². The number of aromatic carboxylic acids is 1. The molecule has 0 unspecified atom stereocenters. The first-order valence-corrected chi connectivity index (χ1v) is 12.8. The molecule has 7 heteroatoms. The number of hydrogen-bond donors (Lipinski definition) is 2. The first-order valence-electron chi connectivity index (χ1n) is 12.8. The predicted molar refractivity (Wildman–Crippen MR) is 145 cm³/mol. The number of aliphatic hydroxyl groups is 1. The van der Waals surface area contributed by atoms with Crippen LogP contribution >= 0.6 is 0 Å². The molecule has 1 fully saturated rings. The molecule has 7 nitrogen and oxygen atoms in total. The number of para-hydroxylation sites is 1. The molecule has 0 spiro atoms. The third kappa shape index (κ3) is 5.68. The van der Waals surface area contributed by atoms with E-state index in [1.807, 2.05) is 60.4 Å². The maximum absolute atomic E-state index is 12.5. The van der Waals surface area contributed by atoms with Gasteiger partial charge in [-0.2, -0.15) is 0 Å². The number of likely N-dealkylation sites (tertiary alicyclic amines) is 1. The van der Waals surface area contributed by atoms with Crippen molar-refractivity contribution < 1.29 is 24.2 Å². The highest BCUT2D eigenvalue weighted by Crippen LogP contribution is 2.27. The van der Waals surface area contributed by atoms with Gasteiger partial charge in [0.1, 0.15) is 5.52 Å². The Kier molecular flexibility index (Phi) is 7.38. The van der Waals surface area contributed by atoms with Crippen LogP contribution in [0.4, 0.5) is 0 Å². The summed E-state index contributed by atoms with van der Waals surface area (Å²) in [6.45, 7) is 2.55. The number of carboxylic acid groups (broad SMARTS) is 1. The molecular weight excluding hydrogens is 480 g/mol. The molecular formula is C31H30N2O5. The van der Waals surface area contributed by atoms with Gasteiger partial charge in [0.2, 0.25) is 11.8 Å². The summed E-state index contributed by atoms with van der Waals surface area (Å²) in [5.74, 6) is -0.306. The van der Waals surface area contributed by atoms with Gasteiger partial charge in [-0.1, -0.05) is 48.6 Å². The molecule has 1 aliphatic heterocycles. The summed E-state index contributed by atoms with van der Waals surface area (Å²) in [6.07, 6.45) is 5.27. The highest BCUT2D eigenvalue weighted by atomic mass is 16.4. The molecule has 5 rings (SSSR count). The molecule has 0 saturated carbocycles. The van der Waals surface area contributed by atoms with Crippen molar-refractivity contribution in [3.8, 4) is 11.5 Å². The number of hydrogen-bond acceptors (Lipinski definition) is 5. The minimum atomic E-state index is -0.956. The zero-order chi connectivity index (χ0) is 26.6. The van der Waals surface area contributed by atoms with Gasteiger partial charge in [-0.05, 0) is 66.8 Å². The lowest BCUT2D eigenvalue weighted by molar-refractivity contribution is -0.128. The van der Waals surface area contributed by atoms with Crippen molar-refractivity contribution in [3.63, 3.8) is 0 Å². The van der Waals surface area contributed by atoms with Crippen LogP contribution in [0.15, 0.2) is 83.3 Å². The number of fused-ring (bicyclic) bond motifs is 1. The maximum Gasteiger partial charge on any atom is 0.335 e. The summed E-state index contributed by atoms with van der Waals surface area (Å²) < 4.78 is 5.95. The minimum absolute atomic E-state index is 0.0650. The van der Waals surface area contributed by atoms with Gasteiger partial charge < -0.3 is 19.5 Å². The Morgan fingerprint density at radius 2 is 1.92 bits per heavy atom. The molecule has 1 amide bonds. The maximum atomic E-state index is 12.5. The fourth-order valence-electron chi connectivity index (χ4n) is 4.92. The highest BCUT2D eigenvalue weighted by molar-refractivity contribution is 5.87. The van der Waals surface area contributed by atoms with Crippen LogP contribution in [0, 0.1) is 6.92 Å². The van der Waals surface area contributed by atoms with Gasteiger partial charge in [0.15, 0.2) is 5.58 Å². The topological polar surface area (TPSA) is 104 Å². The molecule has 1 saturated heterocycles. The molecule has 1 aromatic heterocycles. The van der Waals surface area contributed by atoms with E-state index in [4.69, 9.17) is 9.52 Å². The van der Waals surface area contributed by atoms with E-state index in [1.54, 1.807) is 30.3 Å². The van der Waals surface area contributed by atoms with E-state index in [1.165, 1.54) is 0 Å². The third-order valence-electron chi connectivity index (χ3n) is 7.01. The first kappa shape index (κ1) is 25.4. The number of aromatic nitrogens is 1. The van der Waals surface area contributed by atoms with Crippen LogP contribution in [0.3, 0.4) is 0 Å². The molecule has 1 aliphatic rings. The average molecular weight is 511 g/mol. The van der Waals surface area contributed by atoms with Crippen molar-refractivity contribution in [3.05, 3.63) is 101 Å². The number of benzene rings is 3. The number of carbonyl (C=O) groups is 2. The van der Waals surface area contributed by atoms with Crippen LogP contribution < -0.4 is 0 Å². The quantitative estimate of drug-likeness (QED) is 0.300. The summed E-state index contributed by atoms with van der Waals surface area (Å²) in [5.41, 5.74) is 5.71. The Labute approximate surface area is 221 Å². The van der Waals surface area contributed by atoms with E-state index in [0.29, 0.717) is 38.1 Å². The normalized spacial score (nSPS) is 16.5. The van der Waals surface area contributed by atoms with Gasteiger partial charge in [0.05, 0.1) is 17.7 Å². The molecule has 2 atom stereocenters. The summed E-state index contributed by atoms with van der Waals surface area (Å²) in [4.78, 5) is 30.0. The summed E-state index contributed by atoms with van der Waals surface area (Å²) >= 11 is 0. The Balaban J connectivity index is 1.21. The van der Waals surface area contributed by atoms with E-state index in [-0.39, 0.29) is 17.5 Å². The predicted octanol–water partition coefficient (Wildman–Crippen LogP) is 5.19. The number of nitrogens with zero attached hydrogens (tertiary/aromatic N) is 2. The Morgan fingerprint density at radius 3 is 2.68 bits per heavy atom. The van der Waals surface area contributed by atoms with E-state index >= 15 is 0 Å². The van der Waals surface area contributed by atoms with Gasteiger partial charge in [-0.3, -0.25) is 4.79 Å². The molecule has 2 heterocycles. The first-order chi connectivity index (χ1) is 18.4. The number of rotatable bonds is 9. The van der Waals surface area contributed by atoms with Crippen molar-refractivity contribution in [2.75, 3.05) is 6.54 Å². The zero-order valence-electron chi connectivity index (χ0n) is 21.2. The summed E-state index contributed by atoms with van der Waals surface area (Å²) in [6, 6.07) is 20.4. The van der Waals surface area contributed by atoms with Crippen LogP contribution in [0.2, 0.25) is 0 Å². The third-order valence-corrected chi connectivity index (χ3v) is 7.01. The van der Waals surface area contributed by atoms with Crippen molar-refractivity contribution in [2.24, 2.45) is 0 Å². The van der Waals surface area contributed by atoms with Crippen LogP contribution in [0.25, 0.3) is 22.6 Å². The molecule has 0 radical (unpaired) electrons. The SMILES string of the molecule is Cc1cccc2oc(-c3cccc(C[C@H](O)C=C[C@H]4CCC(=O)N4CCc4ccc(C(=O)O)cc4)c3)nc12. The number of amides is 1. The highest BCUT2D eigenvalue weighted by Gasteiger charge is 2.28. The van der Waals surface area contributed by atoms with Crippen LogP contribution in [-0.4, -0.2) is 50.7 Å². The fraction of sp³-hybridized carbons (Fsp3) is 0.258. The molecule has 2 N–H and O–H groups in total. The van der Waals surface area contributed by atoms with Crippen LogP contribution in [-0.2, 0) is 17.6 Å². The standard InChI is InChI=1S/C31H30N2O5/c1-20-4-2-7-27-29(20)32-30(38-27)24-6-3-5-22(18-24)19-26(34)14-12-25-13-15-28(35)33(25)17-16-21-8-10-23(11-9-21)31(36)37/h2-12,14,18,25-26,34H,13,15-17,19H2,1H3,(H,36,37)/t25-,26+/m0/s1. The Bertz CT molecular complexity index is 1490. The Hall–Kier alpha value is -4.23. The summed E-state index contributed by atoms with van der Waals surface area (Å²) in [7, 11) is 0.